The Kier molecular flexibility index (Phi) is 4.81. The van der Waals surface area contributed by atoms with E-state index >= 15 is 0 Å². The molecule has 0 unspecified atom stereocenters. The van der Waals surface area contributed by atoms with Crippen LogP contribution in [-0.4, -0.2) is 45.2 Å². The number of amidine groups is 1. The number of rotatable bonds is 3. The molecule has 2 aromatic rings. The van der Waals surface area contributed by atoms with E-state index in [-0.39, 0.29) is 17.7 Å². The van der Waals surface area contributed by atoms with Gasteiger partial charge < -0.3 is 10.6 Å². The third-order valence-corrected chi connectivity index (χ3v) is 5.84. The fraction of sp³-hybridized carbons (Fsp3) is 0.263. The first-order chi connectivity index (χ1) is 13.1. The number of thioether (sulfide) groups is 1. The number of benzene rings is 1. The first kappa shape index (κ1) is 17.5. The van der Waals surface area contributed by atoms with Crippen molar-refractivity contribution in [3.05, 3.63) is 47.0 Å². The number of aliphatic imine (C=N–C) groups is 1. The number of nitrogens with two attached hydrogens (primary N) is 1. The molecule has 0 atom stereocenters. The van der Waals surface area contributed by atoms with Gasteiger partial charge in [0.15, 0.2) is 5.17 Å². The first-order valence-corrected chi connectivity index (χ1v) is 9.59. The van der Waals surface area contributed by atoms with E-state index in [1.54, 1.807) is 6.20 Å². The Labute approximate surface area is 160 Å². The number of hydrogen-bond donors (Lipinski definition) is 2. The zero-order chi connectivity index (χ0) is 18.8. The number of nitrogens with zero attached hydrogens (tertiary/aromatic N) is 3. The monoisotopic (exact) mass is 381 g/mol. The summed E-state index contributed by atoms with van der Waals surface area (Å²) in [4.78, 5) is 30.5. The third kappa shape index (κ3) is 3.66. The van der Waals surface area contributed by atoms with Gasteiger partial charge in [-0.15, -0.1) is 0 Å². The van der Waals surface area contributed by atoms with Crippen LogP contribution in [0.3, 0.4) is 0 Å². The van der Waals surface area contributed by atoms with Gasteiger partial charge in [-0.25, -0.2) is 0 Å². The predicted molar refractivity (Wildman–Crippen MR) is 106 cm³/mol. The maximum atomic E-state index is 12.4. The maximum absolute atomic E-state index is 12.4. The van der Waals surface area contributed by atoms with Crippen molar-refractivity contribution in [3.63, 3.8) is 0 Å². The summed E-state index contributed by atoms with van der Waals surface area (Å²) in [5, 5.41) is 7.81. The molecule has 0 radical (unpaired) electrons. The third-order valence-electron chi connectivity index (χ3n) is 4.79. The molecule has 0 bridgehead atoms. The van der Waals surface area contributed by atoms with Crippen molar-refractivity contribution in [1.29, 1.82) is 0 Å². The van der Waals surface area contributed by atoms with E-state index in [0.717, 1.165) is 16.8 Å². The van der Waals surface area contributed by atoms with Gasteiger partial charge in [0.25, 0.3) is 5.91 Å². The maximum Gasteiger partial charge on any atom is 0.286 e. The lowest BCUT2D eigenvalue weighted by molar-refractivity contribution is -0.123. The summed E-state index contributed by atoms with van der Waals surface area (Å²) in [6, 6.07) is 9.85. The number of aromatic amines is 1. The Morgan fingerprint density at radius 2 is 2.00 bits per heavy atom. The highest BCUT2D eigenvalue weighted by molar-refractivity contribution is 8.18. The second-order valence-corrected chi connectivity index (χ2v) is 7.55. The van der Waals surface area contributed by atoms with Crippen molar-refractivity contribution < 1.29 is 9.59 Å². The van der Waals surface area contributed by atoms with Crippen molar-refractivity contribution in [2.45, 2.75) is 12.8 Å². The van der Waals surface area contributed by atoms with E-state index in [1.165, 1.54) is 11.8 Å². The predicted octanol–water partition coefficient (Wildman–Crippen LogP) is 2.24. The fourth-order valence-corrected chi connectivity index (χ4v) is 4.23. The van der Waals surface area contributed by atoms with Crippen molar-refractivity contribution >= 4 is 34.8 Å². The quantitative estimate of drug-likeness (QED) is 0.794. The fourth-order valence-electron chi connectivity index (χ4n) is 3.27. The van der Waals surface area contributed by atoms with E-state index < -0.39 is 0 Å². The summed E-state index contributed by atoms with van der Waals surface area (Å²) in [6.07, 6.45) is 4.93. The van der Waals surface area contributed by atoms with Gasteiger partial charge in [-0.2, -0.15) is 10.1 Å². The molecule has 8 heteroatoms. The second kappa shape index (κ2) is 7.40. The summed E-state index contributed by atoms with van der Waals surface area (Å²) < 4.78 is 0. The van der Waals surface area contributed by atoms with Crippen LogP contribution in [0.5, 0.6) is 0 Å². The highest BCUT2D eigenvalue weighted by Crippen LogP contribution is 2.33. The smallest absolute Gasteiger partial charge is 0.286 e. The second-order valence-electron chi connectivity index (χ2n) is 6.54. The van der Waals surface area contributed by atoms with Crippen LogP contribution in [0.4, 0.5) is 0 Å². The van der Waals surface area contributed by atoms with E-state index in [1.807, 2.05) is 36.4 Å². The van der Waals surface area contributed by atoms with Crippen LogP contribution in [0.2, 0.25) is 0 Å². The Morgan fingerprint density at radius 3 is 2.70 bits per heavy atom. The normalized spacial score (nSPS) is 19.6. The number of carbonyl (C=O) groups is 2. The molecule has 1 saturated heterocycles. The number of piperidine rings is 1. The van der Waals surface area contributed by atoms with Crippen LogP contribution in [-0.2, 0) is 9.59 Å². The number of aromatic nitrogens is 2. The average molecular weight is 381 g/mol. The Balaban J connectivity index is 1.49. The summed E-state index contributed by atoms with van der Waals surface area (Å²) >= 11 is 1.37. The number of hydrogen-bond acceptors (Lipinski definition) is 5. The van der Waals surface area contributed by atoms with Gasteiger partial charge in [0.2, 0.25) is 5.91 Å². The number of nitrogens with one attached hydrogen (secondary N) is 1. The number of amides is 2. The van der Waals surface area contributed by atoms with Crippen LogP contribution in [0.15, 0.2) is 46.4 Å². The molecular weight excluding hydrogens is 362 g/mol. The lowest BCUT2D eigenvalue weighted by Crippen LogP contribution is -2.40. The van der Waals surface area contributed by atoms with Gasteiger partial charge in [-0.05, 0) is 30.7 Å². The summed E-state index contributed by atoms with van der Waals surface area (Å²) in [5.41, 5.74) is 8.11. The number of H-pyrrole nitrogens is 1. The highest BCUT2D eigenvalue weighted by atomic mass is 32.2. The molecule has 2 aliphatic rings. The average Bonchev–Trinajstić information content (AvgIpc) is 3.30. The van der Waals surface area contributed by atoms with Gasteiger partial charge in [-0.3, -0.25) is 14.7 Å². The van der Waals surface area contributed by atoms with Crippen LogP contribution in [0.25, 0.3) is 17.3 Å². The number of likely N-dealkylation sites (tertiary alicyclic amines) is 1. The van der Waals surface area contributed by atoms with Crippen molar-refractivity contribution in [1.82, 2.24) is 15.1 Å². The van der Waals surface area contributed by atoms with E-state index in [2.05, 4.69) is 20.1 Å². The largest absolute Gasteiger partial charge is 0.369 e. The van der Waals surface area contributed by atoms with Crippen LogP contribution in [0.1, 0.15) is 18.4 Å². The lowest BCUT2D eigenvalue weighted by atomic mass is 9.97. The molecule has 2 aliphatic heterocycles. The molecule has 0 aliphatic carbocycles. The van der Waals surface area contributed by atoms with Gasteiger partial charge in [0.1, 0.15) is 0 Å². The van der Waals surface area contributed by atoms with E-state index in [9.17, 15) is 9.59 Å². The van der Waals surface area contributed by atoms with Crippen molar-refractivity contribution in [2.24, 2.45) is 16.6 Å². The molecule has 1 aromatic carbocycles. The van der Waals surface area contributed by atoms with Gasteiger partial charge in [-0.1, -0.05) is 30.3 Å². The van der Waals surface area contributed by atoms with Crippen LogP contribution >= 0.6 is 11.8 Å². The molecule has 0 spiro atoms. The van der Waals surface area contributed by atoms with Gasteiger partial charge in [0, 0.05) is 30.1 Å². The Morgan fingerprint density at radius 1 is 1.26 bits per heavy atom. The van der Waals surface area contributed by atoms with Crippen molar-refractivity contribution in [3.8, 4) is 11.3 Å². The zero-order valence-electron chi connectivity index (χ0n) is 14.6. The minimum Gasteiger partial charge on any atom is -0.369 e. The summed E-state index contributed by atoms with van der Waals surface area (Å²) in [6.45, 7) is 1.36. The van der Waals surface area contributed by atoms with Gasteiger partial charge in [0.05, 0.1) is 16.8 Å². The van der Waals surface area contributed by atoms with E-state index in [4.69, 9.17) is 5.73 Å². The number of carbonyl (C=O) groups excluding carboxylic acids is 2. The highest BCUT2D eigenvalue weighted by Gasteiger charge is 2.30. The molecule has 1 fully saturated rings. The molecule has 4 rings (SSSR count). The topological polar surface area (TPSA) is 104 Å². The Bertz CT molecular complexity index is 927. The summed E-state index contributed by atoms with van der Waals surface area (Å²) in [7, 11) is 0. The Hall–Kier alpha value is -2.87. The van der Waals surface area contributed by atoms with Crippen LogP contribution < -0.4 is 5.73 Å². The molecule has 2 amide bonds. The molecule has 0 saturated carbocycles. The molecule has 138 valence electrons. The molecule has 3 N–H and O–H groups in total. The molecule has 7 nitrogen and oxygen atoms in total. The minimum absolute atomic E-state index is 0.0849. The number of primary amides is 1. The van der Waals surface area contributed by atoms with E-state index in [0.29, 0.717) is 36.0 Å². The minimum atomic E-state index is -0.249. The standard InChI is InChI=1S/C19H19N5O2S/c20-17(25)13-6-8-24(9-7-13)19-22-18(26)15(27-19)10-14-11-21-23-16(14)12-4-2-1-3-5-12/h1-5,10-11,13H,6-9H2,(H2,20,25)(H,21,23)/b15-10+. The SMILES string of the molecule is NC(=O)C1CCN(C2=NC(=O)/C(=C\c3cn[nH]c3-c3ccccc3)S2)CC1. The lowest BCUT2D eigenvalue weighted by Gasteiger charge is -2.31. The van der Waals surface area contributed by atoms with Gasteiger partial charge >= 0.3 is 0 Å². The van der Waals surface area contributed by atoms with Crippen molar-refractivity contribution in [2.75, 3.05) is 13.1 Å². The summed E-state index contributed by atoms with van der Waals surface area (Å²) in [5.74, 6) is -0.578. The zero-order valence-corrected chi connectivity index (χ0v) is 15.4. The van der Waals surface area contributed by atoms with Crippen LogP contribution in [0, 0.1) is 5.92 Å². The molecule has 1 aromatic heterocycles. The first-order valence-electron chi connectivity index (χ1n) is 8.77. The molecular formula is C19H19N5O2S. The molecule has 27 heavy (non-hydrogen) atoms. The molecule has 3 heterocycles.